The van der Waals surface area contributed by atoms with E-state index in [1.807, 2.05) is 0 Å². The summed E-state index contributed by atoms with van der Waals surface area (Å²) in [7, 11) is -0.328. The number of hydrogen-bond acceptors (Lipinski definition) is 1. The molecule has 0 amide bonds. The van der Waals surface area contributed by atoms with Crippen molar-refractivity contribution in [2.75, 3.05) is 24.6 Å². The molecule has 196 valence electrons. The van der Waals surface area contributed by atoms with Crippen LogP contribution in [0.2, 0.25) is 0 Å². The third-order valence-electron chi connectivity index (χ3n) is 6.76. The molecule has 2 aromatic carbocycles. The van der Waals surface area contributed by atoms with Gasteiger partial charge in [0.05, 0.1) is 0 Å². The van der Waals surface area contributed by atoms with E-state index in [-0.39, 0.29) is 15.8 Å². The Balaban J connectivity index is 2.28. The summed E-state index contributed by atoms with van der Waals surface area (Å²) in [5.74, 6) is 2.24. The summed E-state index contributed by atoms with van der Waals surface area (Å²) < 4.78 is 6.86. The summed E-state index contributed by atoms with van der Waals surface area (Å²) in [6.45, 7) is 9.25. The summed E-state index contributed by atoms with van der Waals surface area (Å²) in [5.41, 5.74) is 0. The van der Waals surface area contributed by atoms with Gasteiger partial charge in [0.25, 0.3) is 0 Å². The third-order valence-corrected chi connectivity index (χ3v) is 12.3. The number of unbranched alkanes of at least 4 members (excludes halogenated alkanes) is 8. The summed E-state index contributed by atoms with van der Waals surface area (Å²) in [6, 6.07) is 18.0. The van der Waals surface area contributed by atoms with Crippen molar-refractivity contribution in [1.82, 2.24) is 0 Å². The van der Waals surface area contributed by atoms with Crippen molar-refractivity contribution in [2.24, 2.45) is 0 Å². The first-order valence-electron chi connectivity index (χ1n) is 14.6. The molecule has 0 aliphatic heterocycles. The normalized spacial score (nSPS) is 11.5. The topological polar surface area (TPSA) is 9.23 Å². The second kappa shape index (κ2) is 19.2. The van der Waals surface area contributed by atoms with Gasteiger partial charge in [-0.2, -0.15) is 0 Å². The van der Waals surface area contributed by atoms with Crippen molar-refractivity contribution in [3.63, 3.8) is 0 Å². The Morgan fingerprint density at radius 2 is 0.771 bits per heavy atom. The van der Waals surface area contributed by atoms with Crippen molar-refractivity contribution in [3.05, 3.63) is 48.5 Å². The summed E-state index contributed by atoms with van der Waals surface area (Å²) in [5, 5.41) is 2.98. The predicted molar refractivity (Wildman–Crippen MR) is 164 cm³/mol. The Hall–Kier alpha value is -0.900. The first-order chi connectivity index (χ1) is 17.2. The number of benzene rings is 2. The minimum Gasteiger partial charge on any atom is -0.456 e. The Morgan fingerprint density at radius 3 is 1.09 bits per heavy atom. The van der Waals surface area contributed by atoms with Gasteiger partial charge in [-0.3, -0.25) is 0 Å². The van der Waals surface area contributed by atoms with Crippen molar-refractivity contribution >= 4 is 26.5 Å². The highest BCUT2D eigenvalue weighted by Gasteiger charge is 2.19. The molecule has 0 unspecified atom stereocenters. The largest absolute Gasteiger partial charge is 0.456 e. The number of hydrogen-bond donors (Lipinski definition) is 0. The Morgan fingerprint density at radius 1 is 0.457 bits per heavy atom. The lowest BCUT2D eigenvalue weighted by Gasteiger charge is -2.24. The molecule has 3 heteroatoms. The van der Waals surface area contributed by atoms with E-state index in [1.54, 1.807) is 0 Å². The molecule has 0 radical (unpaired) electrons. The molecule has 0 atom stereocenters. The van der Waals surface area contributed by atoms with Crippen LogP contribution in [-0.2, 0) is 0 Å². The van der Waals surface area contributed by atoms with Gasteiger partial charge in [0.15, 0.2) is 0 Å². The molecule has 0 fully saturated rings. The molecule has 0 heterocycles. The summed E-state index contributed by atoms with van der Waals surface area (Å²) >= 11 is 0. The monoisotopic (exact) mass is 514 g/mol. The first-order valence-corrected chi connectivity index (χ1v) is 18.0. The maximum atomic E-state index is 6.86. The zero-order chi connectivity index (χ0) is 25.1. The van der Waals surface area contributed by atoms with Gasteiger partial charge in [-0.15, -0.1) is 0 Å². The standard InChI is InChI=1S/C32H52OP2/c1-5-9-17-25-34(26-18-10-6-2)31-23-15-13-21-29(31)33-30-22-14-16-24-32(30)35(27-19-11-7-3)28-20-12-8-4/h13-16,21-24H,5-12,17-20,25-28H2,1-4H3. The van der Waals surface area contributed by atoms with Crippen LogP contribution in [0.4, 0.5) is 0 Å². The molecule has 1 nitrogen and oxygen atoms in total. The van der Waals surface area contributed by atoms with E-state index in [0.29, 0.717) is 0 Å². The van der Waals surface area contributed by atoms with Crippen LogP contribution in [0.1, 0.15) is 105 Å². The van der Waals surface area contributed by atoms with Gasteiger partial charge in [-0.25, -0.2) is 0 Å². The molecular weight excluding hydrogens is 462 g/mol. The Labute approximate surface area is 220 Å². The van der Waals surface area contributed by atoms with Crippen LogP contribution >= 0.6 is 15.8 Å². The highest BCUT2D eigenvalue weighted by Crippen LogP contribution is 2.44. The second-order valence-corrected chi connectivity index (χ2v) is 14.8. The van der Waals surface area contributed by atoms with E-state index in [9.17, 15) is 0 Å². The minimum absolute atomic E-state index is 0.164. The van der Waals surface area contributed by atoms with Crippen LogP contribution in [0.3, 0.4) is 0 Å². The van der Waals surface area contributed by atoms with Crippen molar-refractivity contribution in [1.29, 1.82) is 0 Å². The van der Waals surface area contributed by atoms with Crippen LogP contribution in [-0.4, -0.2) is 24.6 Å². The van der Waals surface area contributed by atoms with Crippen molar-refractivity contribution in [2.45, 2.75) is 105 Å². The van der Waals surface area contributed by atoms with Gasteiger partial charge in [0, 0.05) is 10.6 Å². The van der Waals surface area contributed by atoms with E-state index >= 15 is 0 Å². The smallest absolute Gasteiger partial charge is 0.135 e. The van der Waals surface area contributed by atoms with Gasteiger partial charge in [-0.1, -0.05) is 131 Å². The van der Waals surface area contributed by atoms with Gasteiger partial charge in [0.2, 0.25) is 0 Å². The molecule has 2 aromatic rings. The van der Waals surface area contributed by atoms with E-state index in [2.05, 4.69) is 76.2 Å². The van der Waals surface area contributed by atoms with Crippen LogP contribution in [0.15, 0.2) is 48.5 Å². The molecule has 0 aromatic heterocycles. The molecule has 0 spiro atoms. The molecule has 0 saturated heterocycles. The third kappa shape index (κ3) is 11.4. The maximum Gasteiger partial charge on any atom is 0.135 e. The number of ether oxygens (including phenoxy) is 1. The minimum atomic E-state index is -0.164. The summed E-state index contributed by atoms with van der Waals surface area (Å²) in [4.78, 5) is 0. The molecule has 0 bridgehead atoms. The molecule has 35 heavy (non-hydrogen) atoms. The summed E-state index contributed by atoms with van der Waals surface area (Å²) in [6.07, 6.45) is 21.3. The fourth-order valence-electron chi connectivity index (χ4n) is 4.64. The van der Waals surface area contributed by atoms with Gasteiger partial charge in [0.1, 0.15) is 11.5 Å². The van der Waals surface area contributed by atoms with E-state index in [1.165, 1.54) is 112 Å². The van der Waals surface area contributed by atoms with Crippen molar-refractivity contribution in [3.8, 4) is 11.5 Å². The second-order valence-electron chi connectivity index (χ2n) is 9.84. The van der Waals surface area contributed by atoms with Crippen molar-refractivity contribution < 1.29 is 4.74 Å². The van der Waals surface area contributed by atoms with E-state index in [4.69, 9.17) is 4.74 Å². The van der Waals surface area contributed by atoms with E-state index < -0.39 is 0 Å². The van der Waals surface area contributed by atoms with Crippen LogP contribution in [0, 0.1) is 0 Å². The fourth-order valence-corrected chi connectivity index (χ4v) is 9.93. The lowest BCUT2D eigenvalue weighted by atomic mass is 10.3. The fraction of sp³-hybridized carbons (Fsp3) is 0.625. The zero-order valence-electron chi connectivity index (χ0n) is 23.2. The maximum absolute atomic E-state index is 6.86. The van der Waals surface area contributed by atoms with Gasteiger partial charge >= 0.3 is 0 Å². The highest BCUT2D eigenvalue weighted by atomic mass is 31.1. The lowest BCUT2D eigenvalue weighted by molar-refractivity contribution is 0.490. The lowest BCUT2D eigenvalue weighted by Crippen LogP contribution is -2.14. The van der Waals surface area contributed by atoms with E-state index in [0.717, 1.165) is 11.5 Å². The predicted octanol–water partition coefficient (Wildman–Crippen LogP) is 10.5. The Bertz CT molecular complexity index is 705. The molecule has 0 aliphatic carbocycles. The van der Waals surface area contributed by atoms with Gasteiger partial charge in [-0.05, 0) is 62.5 Å². The molecule has 0 N–H and O–H groups in total. The number of rotatable bonds is 20. The van der Waals surface area contributed by atoms with Gasteiger partial charge < -0.3 is 4.74 Å². The average Bonchev–Trinajstić information content (AvgIpc) is 2.88. The average molecular weight is 515 g/mol. The molecule has 0 aliphatic rings. The first kappa shape index (κ1) is 30.3. The highest BCUT2D eigenvalue weighted by molar-refractivity contribution is 7.66. The van der Waals surface area contributed by atoms with Crippen LogP contribution in [0.25, 0.3) is 0 Å². The SMILES string of the molecule is CCCCCP(CCCCC)c1ccccc1Oc1ccccc1P(CCCCC)CCCCC. The Kier molecular flexibility index (Phi) is 16.7. The van der Waals surface area contributed by atoms with Crippen LogP contribution in [0.5, 0.6) is 11.5 Å². The quantitative estimate of drug-likeness (QED) is 0.126. The van der Waals surface area contributed by atoms with Crippen LogP contribution < -0.4 is 15.3 Å². The number of para-hydroxylation sites is 2. The molecular formula is C32H52OP2. The molecule has 2 rings (SSSR count). The zero-order valence-corrected chi connectivity index (χ0v) is 25.0. The molecule has 0 saturated carbocycles.